The van der Waals surface area contributed by atoms with Gasteiger partial charge in [-0.05, 0) is 43.0 Å². The van der Waals surface area contributed by atoms with Gasteiger partial charge in [0.1, 0.15) is 5.75 Å². The summed E-state index contributed by atoms with van der Waals surface area (Å²) in [6.45, 7) is 11.3. The van der Waals surface area contributed by atoms with Crippen LogP contribution in [0.4, 0.5) is 0 Å². The Morgan fingerprint density at radius 1 is 1.32 bits per heavy atom. The van der Waals surface area contributed by atoms with Crippen molar-refractivity contribution in [3.05, 3.63) is 41.0 Å². The van der Waals surface area contributed by atoms with Gasteiger partial charge < -0.3 is 4.74 Å². The first-order chi connectivity index (χ1) is 10.3. The molecule has 1 rings (SSSR count). The predicted molar refractivity (Wildman–Crippen MR) is 90.9 cm³/mol. The third-order valence-electron chi connectivity index (χ3n) is 3.32. The molecule has 1 aromatic rings. The quantitative estimate of drug-likeness (QED) is 0.559. The molecule has 0 aromatic heterocycles. The van der Waals surface area contributed by atoms with Gasteiger partial charge in [0.15, 0.2) is 0 Å². The molecule has 0 atom stereocenters. The van der Waals surface area contributed by atoms with E-state index in [0.717, 1.165) is 16.7 Å². The maximum atomic E-state index is 12.1. The molecule has 22 heavy (non-hydrogen) atoms. The molecule has 3 heteroatoms. The molecule has 0 spiro atoms. The van der Waals surface area contributed by atoms with Crippen molar-refractivity contribution in [1.82, 2.24) is 0 Å². The molecule has 0 radical (unpaired) electrons. The van der Waals surface area contributed by atoms with E-state index in [0.29, 0.717) is 11.3 Å². The van der Waals surface area contributed by atoms with Crippen molar-refractivity contribution in [3.63, 3.8) is 0 Å². The first-order valence-corrected chi connectivity index (χ1v) is 7.37. The summed E-state index contributed by atoms with van der Waals surface area (Å²) in [5.41, 5.74) is 3.09. The number of hydrogen-bond donors (Lipinski definition) is 0. The fraction of sp³-hybridized carbons (Fsp3) is 0.368. The molecule has 1 aromatic carbocycles. The molecular formula is C19H24O3. The van der Waals surface area contributed by atoms with E-state index in [4.69, 9.17) is 4.74 Å². The third kappa shape index (κ3) is 4.42. The highest BCUT2D eigenvalue weighted by atomic mass is 16.5. The molecule has 0 aliphatic carbocycles. The SMILES string of the molecule is C=Cc1c(/C=C(\C)C(=O)C(=O)CC(C)C)cc(C)cc1OC. The zero-order valence-corrected chi connectivity index (χ0v) is 14.0. The zero-order chi connectivity index (χ0) is 16.9. The van der Waals surface area contributed by atoms with Crippen LogP contribution in [0.25, 0.3) is 12.2 Å². The van der Waals surface area contributed by atoms with Crippen molar-refractivity contribution in [2.45, 2.75) is 34.1 Å². The third-order valence-corrected chi connectivity index (χ3v) is 3.32. The number of rotatable bonds is 7. The maximum Gasteiger partial charge on any atom is 0.224 e. The molecule has 0 amide bonds. The van der Waals surface area contributed by atoms with Crippen LogP contribution >= 0.6 is 0 Å². The van der Waals surface area contributed by atoms with E-state index in [1.807, 2.05) is 32.9 Å². The lowest BCUT2D eigenvalue weighted by Gasteiger charge is -2.11. The predicted octanol–water partition coefficient (Wildman–Crippen LogP) is 4.23. The number of ether oxygens (including phenoxy) is 1. The van der Waals surface area contributed by atoms with Crippen LogP contribution in [0.15, 0.2) is 24.3 Å². The Morgan fingerprint density at radius 3 is 2.45 bits per heavy atom. The van der Waals surface area contributed by atoms with Crippen LogP contribution in [-0.2, 0) is 9.59 Å². The number of Topliss-reactive ketones (excluding diaryl/α,β-unsaturated/α-hetero) is 2. The summed E-state index contributed by atoms with van der Waals surface area (Å²) < 4.78 is 5.35. The second kappa shape index (κ2) is 7.74. The minimum absolute atomic E-state index is 0.173. The topological polar surface area (TPSA) is 43.4 Å². The van der Waals surface area contributed by atoms with Crippen molar-refractivity contribution in [1.29, 1.82) is 0 Å². The Labute approximate surface area is 132 Å². The summed E-state index contributed by atoms with van der Waals surface area (Å²) in [5.74, 6) is 0.106. The summed E-state index contributed by atoms with van der Waals surface area (Å²) >= 11 is 0. The van der Waals surface area contributed by atoms with Crippen LogP contribution < -0.4 is 4.74 Å². The first-order valence-electron chi connectivity index (χ1n) is 7.37. The highest BCUT2D eigenvalue weighted by Crippen LogP contribution is 2.27. The largest absolute Gasteiger partial charge is 0.496 e. The number of carbonyl (C=O) groups excluding carboxylic acids is 2. The van der Waals surface area contributed by atoms with Crippen molar-refractivity contribution < 1.29 is 14.3 Å². The lowest BCUT2D eigenvalue weighted by molar-refractivity contribution is -0.134. The zero-order valence-electron chi connectivity index (χ0n) is 14.0. The van der Waals surface area contributed by atoms with E-state index in [2.05, 4.69) is 6.58 Å². The second-order valence-corrected chi connectivity index (χ2v) is 5.85. The first kappa shape index (κ1) is 17.9. The van der Waals surface area contributed by atoms with E-state index >= 15 is 0 Å². The Hall–Kier alpha value is -2.16. The van der Waals surface area contributed by atoms with Gasteiger partial charge >= 0.3 is 0 Å². The molecule has 0 aliphatic rings. The Bertz CT molecular complexity index is 622. The van der Waals surface area contributed by atoms with E-state index in [-0.39, 0.29) is 18.1 Å². The number of benzene rings is 1. The van der Waals surface area contributed by atoms with Crippen molar-refractivity contribution in [3.8, 4) is 5.75 Å². The number of aryl methyl sites for hydroxylation is 1. The van der Waals surface area contributed by atoms with Gasteiger partial charge in [0.25, 0.3) is 0 Å². The standard InChI is InChI=1S/C19H24O3/c1-7-16-15(9-13(4)10-18(16)22-6)11-14(5)19(21)17(20)8-12(2)3/h7,9-12H,1,8H2,2-6H3/b14-11+. The van der Waals surface area contributed by atoms with Gasteiger partial charge in [0, 0.05) is 17.6 Å². The van der Waals surface area contributed by atoms with E-state index in [1.54, 1.807) is 26.2 Å². The second-order valence-electron chi connectivity index (χ2n) is 5.85. The Balaban J connectivity index is 3.21. The van der Waals surface area contributed by atoms with Gasteiger partial charge in [-0.25, -0.2) is 0 Å². The van der Waals surface area contributed by atoms with Gasteiger partial charge in [-0.2, -0.15) is 0 Å². The molecule has 3 nitrogen and oxygen atoms in total. The lowest BCUT2D eigenvalue weighted by Crippen LogP contribution is -2.16. The molecule has 0 unspecified atom stereocenters. The minimum atomic E-state index is -0.427. The maximum absolute atomic E-state index is 12.1. The number of carbonyl (C=O) groups is 2. The Morgan fingerprint density at radius 2 is 1.95 bits per heavy atom. The monoisotopic (exact) mass is 300 g/mol. The smallest absolute Gasteiger partial charge is 0.224 e. The van der Waals surface area contributed by atoms with E-state index in [9.17, 15) is 9.59 Å². The van der Waals surface area contributed by atoms with Gasteiger partial charge in [-0.15, -0.1) is 0 Å². The molecule has 0 bridgehead atoms. The van der Waals surface area contributed by atoms with Crippen LogP contribution in [0.2, 0.25) is 0 Å². The summed E-state index contributed by atoms with van der Waals surface area (Å²) in [6.07, 6.45) is 3.69. The molecular weight excluding hydrogens is 276 g/mol. The van der Waals surface area contributed by atoms with Crippen LogP contribution in [-0.4, -0.2) is 18.7 Å². The number of hydrogen-bond acceptors (Lipinski definition) is 3. The minimum Gasteiger partial charge on any atom is -0.496 e. The van der Waals surface area contributed by atoms with Crippen molar-refractivity contribution >= 4 is 23.7 Å². The normalized spacial score (nSPS) is 11.5. The fourth-order valence-electron chi connectivity index (χ4n) is 2.28. The van der Waals surface area contributed by atoms with Gasteiger partial charge in [0.05, 0.1) is 7.11 Å². The average molecular weight is 300 g/mol. The van der Waals surface area contributed by atoms with Gasteiger partial charge in [0.2, 0.25) is 11.6 Å². The molecule has 0 fully saturated rings. The molecule has 0 saturated carbocycles. The van der Waals surface area contributed by atoms with Crippen LogP contribution in [0.3, 0.4) is 0 Å². The molecule has 0 heterocycles. The molecule has 0 N–H and O–H groups in total. The van der Waals surface area contributed by atoms with E-state index in [1.165, 1.54) is 0 Å². The van der Waals surface area contributed by atoms with Crippen LogP contribution in [0, 0.1) is 12.8 Å². The number of ketones is 2. The van der Waals surface area contributed by atoms with Crippen molar-refractivity contribution in [2.75, 3.05) is 7.11 Å². The van der Waals surface area contributed by atoms with Crippen LogP contribution in [0.5, 0.6) is 5.75 Å². The molecule has 0 saturated heterocycles. The summed E-state index contributed by atoms with van der Waals surface area (Å²) in [6, 6.07) is 3.86. The fourth-order valence-corrected chi connectivity index (χ4v) is 2.28. The summed E-state index contributed by atoms with van der Waals surface area (Å²) in [4.78, 5) is 24.0. The highest BCUT2D eigenvalue weighted by molar-refractivity contribution is 6.44. The van der Waals surface area contributed by atoms with Crippen LogP contribution in [0.1, 0.15) is 43.9 Å². The van der Waals surface area contributed by atoms with Gasteiger partial charge in [-0.1, -0.05) is 32.6 Å². The number of allylic oxidation sites excluding steroid dienone is 1. The van der Waals surface area contributed by atoms with Gasteiger partial charge in [-0.3, -0.25) is 9.59 Å². The molecule has 0 aliphatic heterocycles. The highest BCUT2D eigenvalue weighted by Gasteiger charge is 2.17. The average Bonchev–Trinajstić information content (AvgIpc) is 2.44. The summed E-state index contributed by atoms with van der Waals surface area (Å²) in [5, 5.41) is 0. The Kier molecular flexibility index (Phi) is 6.29. The molecule has 118 valence electrons. The van der Waals surface area contributed by atoms with E-state index < -0.39 is 5.78 Å². The van der Waals surface area contributed by atoms with Crippen molar-refractivity contribution in [2.24, 2.45) is 5.92 Å². The summed E-state index contributed by atoms with van der Waals surface area (Å²) in [7, 11) is 1.60. The number of methoxy groups -OCH3 is 1. The lowest BCUT2D eigenvalue weighted by atomic mass is 9.96.